The van der Waals surface area contributed by atoms with Gasteiger partial charge in [0, 0.05) is 12.6 Å². The molecule has 0 aromatic carbocycles. The topological polar surface area (TPSA) is 27.0 Å². The van der Waals surface area contributed by atoms with Gasteiger partial charge < -0.3 is 0 Å². The Morgan fingerprint density at radius 2 is 2.46 bits per heavy atom. The van der Waals surface area contributed by atoms with Gasteiger partial charge in [0.2, 0.25) is 0 Å². The van der Waals surface area contributed by atoms with Gasteiger partial charge >= 0.3 is 0 Å². The van der Waals surface area contributed by atoms with Crippen molar-refractivity contribution in [2.24, 2.45) is 11.8 Å². The van der Waals surface area contributed by atoms with E-state index in [2.05, 4.69) is 23.6 Å². The maximum absolute atomic E-state index is 8.67. The van der Waals surface area contributed by atoms with E-state index in [-0.39, 0.29) is 0 Å². The molecule has 0 saturated carbocycles. The fourth-order valence-corrected chi connectivity index (χ4v) is 2.76. The summed E-state index contributed by atoms with van der Waals surface area (Å²) in [7, 11) is 0. The first-order valence-electron chi connectivity index (χ1n) is 5.08. The quantitative estimate of drug-likeness (QED) is 0.600. The third kappa shape index (κ3) is 1.49. The molecule has 2 heteroatoms. The second-order valence-electron chi connectivity index (χ2n) is 4.20. The van der Waals surface area contributed by atoms with Crippen LogP contribution < -0.4 is 0 Å². The Labute approximate surface area is 79.8 Å². The van der Waals surface area contributed by atoms with Crippen LogP contribution in [0.4, 0.5) is 0 Å². The summed E-state index contributed by atoms with van der Waals surface area (Å²) in [6.07, 6.45) is 5.32. The smallest absolute Gasteiger partial charge is 0.0638 e. The van der Waals surface area contributed by atoms with Crippen molar-refractivity contribution < 1.29 is 0 Å². The van der Waals surface area contributed by atoms with Crippen LogP contribution >= 0.6 is 0 Å². The molecule has 0 amide bonds. The van der Waals surface area contributed by atoms with Gasteiger partial charge in [-0.3, -0.25) is 4.90 Å². The van der Waals surface area contributed by atoms with Gasteiger partial charge in [-0.15, -0.1) is 6.58 Å². The van der Waals surface area contributed by atoms with E-state index < -0.39 is 0 Å². The van der Waals surface area contributed by atoms with E-state index >= 15 is 0 Å². The maximum Gasteiger partial charge on any atom is 0.0638 e. The highest BCUT2D eigenvalue weighted by molar-refractivity contribution is 5.00. The number of nitriles is 1. The maximum atomic E-state index is 8.67. The van der Waals surface area contributed by atoms with Crippen LogP contribution in [0, 0.1) is 23.2 Å². The minimum atomic E-state index is 0.542. The molecule has 3 aliphatic heterocycles. The second-order valence-corrected chi connectivity index (χ2v) is 4.20. The molecule has 1 unspecified atom stereocenters. The van der Waals surface area contributed by atoms with Gasteiger partial charge in [-0.05, 0) is 31.2 Å². The molecule has 0 N–H and O–H groups in total. The molecule has 3 rings (SSSR count). The van der Waals surface area contributed by atoms with Crippen LogP contribution in [0.1, 0.15) is 19.3 Å². The molecule has 2 bridgehead atoms. The molecule has 3 aliphatic rings. The summed E-state index contributed by atoms with van der Waals surface area (Å²) in [5.74, 6) is 1.49. The number of hydrogen-bond donors (Lipinski definition) is 0. The number of nitrogens with zero attached hydrogens (tertiary/aromatic N) is 2. The van der Waals surface area contributed by atoms with Crippen LogP contribution in [0.2, 0.25) is 0 Å². The second kappa shape index (κ2) is 3.51. The molecular formula is C11H16N2. The SMILES string of the molecule is C=C[C@H]1CN2CC[C@H]1C[C@@H]2CC#N. The molecule has 4 atom stereocenters. The lowest BCUT2D eigenvalue weighted by atomic mass is 9.75. The van der Waals surface area contributed by atoms with Gasteiger partial charge in [0.1, 0.15) is 0 Å². The van der Waals surface area contributed by atoms with E-state index in [0.29, 0.717) is 18.4 Å². The average molecular weight is 176 g/mol. The number of hydrogen-bond acceptors (Lipinski definition) is 2. The normalized spacial score (nSPS) is 42.7. The Kier molecular flexibility index (Phi) is 2.37. The third-order valence-corrected chi connectivity index (χ3v) is 3.56. The highest BCUT2D eigenvalue weighted by atomic mass is 15.2. The van der Waals surface area contributed by atoms with Crippen LogP contribution in [0.5, 0.6) is 0 Å². The molecule has 0 spiro atoms. The summed E-state index contributed by atoms with van der Waals surface area (Å²) in [4.78, 5) is 2.47. The van der Waals surface area contributed by atoms with Crippen molar-refractivity contribution in [3.8, 4) is 6.07 Å². The largest absolute Gasteiger partial charge is 0.299 e. The zero-order valence-corrected chi connectivity index (χ0v) is 7.95. The van der Waals surface area contributed by atoms with Crippen molar-refractivity contribution in [2.75, 3.05) is 13.1 Å². The Morgan fingerprint density at radius 3 is 3.00 bits per heavy atom. The number of rotatable bonds is 2. The van der Waals surface area contributed by atoms with Crippen molar-refractivity contribution in [2.45, 2.75) is 25.3 Å². The lowest BCUT2D eigenvalue weighted by Crippen LogP contribution is -2.52. The monoisotopic (exact) mass is 176 g/mol. The molecule has 3 fully saturated rings. The minimum Gasteiger partial charge on any atom is -0.299 e. The predicted octanol–water partition coefficient (Wildman–Crippen LogP) is 1.80. The summed E-state index contributed by atoms with van der Waals surface area (Å²) in [5, 5.41) is 8.67. The van der Waals surface area contributed by atoms with Crippen LogP contribution in [-0.4, -0.2) is 24.0 Å². The van der Waals surface area contributed by atoms with E-state index in [1.807, 2.05) is 0 Å². The summed E-state index contributed by atoms with van der Waals surface area (Å²) in [5.41, 5.74) is 0. The van der Waals surface area contributed by atoms with Crippen molar-refractivity contribution in [1.29, 1.82) is 5.26 Å². The van der Waals surface area contributed by atoms with E-state index in [4.69, 9.17) is 5.26 Å². The van der Waals surface area contributed by atoms with E-state index in [9.17, 15) is 0 Å². The molecule has 0 aromatic heterocycles. The van der Waals surface area contributed by atoms with Crippen LogP contribution in [0.25, 0.3) is 0 Å². The molecular weight excluding hydrogens is 160 g/mol. The van der Waals surface area contributed by atoms with Crippen LogP contribution in [0.3, 0.4) is 0 Å². The molecule has 13 heavy (non-hydrogen) atoms. The molecule has 0 radical (unpaired) electrons. The van der Waals surface area contributed by atoms with Gasteiger partial charge in [-0.25, -0.2) is 0 Å². The summed E-state index contributed by atoms with van der Waals surface area (Å²) in [6.45, 7) is 6.22. The van der Waals surface area contributed by atoms with Gasteiger partial charge in [0.25, 0.3) is 0 Å². The van der Waals surface area contributed by atoms with Crippen molar-refractivity contribution in [3.63, 3.8) is 0 Å². The highest BCUT2D eigenvalue weighted by Gasteiger charge is 2.38. The fraction of sp³-hybridized carbons (Fsp3) is 0.727. The van der Waals surface area contributed by atoms with E-state index in [0.717, 1.165) is 12.5 Å². The van der Waals surface area contributed by atoms with E-state index in [1.54, 1.807) is 0 Å². The number of fused-ring (bicyclic) bond motifs is 3. The van der Waals surface area contributed by atoms with Gasteiger partial charge in [0.05, 0.1) is 12.5 Å². The molecule has 3 heterocycles. The standard InChI is InChI=1S/C11H16N2/c1-2-9-8-13-6-4-10(9)7-11(13)3-5-12/h2,9-11H,1,3-4,6-8H2/t9-,10-,11-/m0/s1. The van der Waals surface area contributed by atoms with Gasteiger partial charge in [-0.1, -0.05) is 6.08 Å². The third-order valence-electron chi connectivity index (χ3n) is 3.56. The van der Waals surface area contributed by atoms with Crippen LogP contribution in [0.15, 0.2) is 12.7 Å². The lowest BCUT2D eigenvalue weighted by Gasteiger charge is -2.48. The van der Waals surface area contributed by atoms with Crippen LogP contribution in [-0.2, 0) is 0 Å². The predicted molar refractivity (Wildman–Crippen MR) is 52.0 cm³/mol. The van der Waals surface area contributed by atoms with Gasteiger partial charge in [0.15, 0.2) is 0 Å². The van der Waals surface area contributed by atoms with Gasteiger partial charge in [-0.2, -0.15) is 5.26 Å². The fourth-order valence-electron chi connectivity index (χ4n) is 2.76. The Bertz CT molecular complexity index is 241. The first-order chi connectivity index (χ1) is 6.35. The zero-order valence-electron chi connectivity index (χ0n) is 7.95. The summed E-state index contributed by atoms with van der Waals surface area (Å²) < 4.78 is 0. The first-order valence-corrected chi connectivity index (χ1v) is 5.08. The van der Waals surface area contributed by atoms with Crippen molar-refractivity contribution in [3.05, 3.63) is 12.7 Å². The average Bonchev–Trinajstić information content (AvgIpc) is 2.19. The molecule has 2 nitrogen and oxygen atoms in total. The molecule has 70 valence electrons. The summed E-state index contributed by atoms with van der Waals surface area (Å²) >= 11 is 0. The Balaban J connectivity index is 2.03. The molecule has 3 saturated heterocycles. The Hall–Kier alpha value is -0.810. The Morgan fingerprint density at radius 1 is 1.62 bits per heavy atom. The molecule has 0 aliphatic carbocycles. The summed E-state index contributed by atoms with van der Waals surface area (Å²) in [6, 6.07) is 2.83. The number of piperidine rings is 3. The minimum absolute atomic E-state index is 0.542. The highest BCUT2D eigenvalue weighted by Crippen LogP contribution is 2.37. The van der Waals surface area contributed by atoms with Crippen molar-refractivity contribution >= 4 is 0 Å². The van der Waals surface area contributed by atoms with E-state index in [1.165, 1.54) is 19.4 Å². The lowest BCUT2D eigenvalue weighted by molar-refractivity contribution is 0.0214. The zero-order chi connectivity index (χ0) is 9.26. The first kappa shape index (κ1) is 8.77. The molecule has 0 aromatic rings. The van der Waals surface area contributed by atoms with Crippen molar-refractivity contribution in [1.82, 2.24) is 4.90 Å².